The number of benzene rings is 1. The number of carbonyl (C=O) groups excluding carboxylic acids is 1. The summed E-state index contributed by atoms with van der Waals surface area (Å²) >= 11 is 0. The molecule has 2 heterocycles. The molecule has 1 saturated heterocycles. The van der Waals surface area contributed by atoms with E-state index >= 15 is 0 Å². The van der Waals surface area contributed by atoms with Gasteiger partial charge in [-0.15, -0.1) is 5.10 Å². The van der Waals surface area contributed by atoms with Gasteiger partial charge in [0.2, 0.25) is 5.91 Å². The van der Waals surface area contributed by atoms with Gasteiger partial charge in [-0.1, -0.05) is 18.2 Å². The molecule has 0 radical (unpaired) electrons. The van der Waals surface area contributed by atoms with Crippen LogP contribution in [0.4, 0.5) is 0 Å². The fourth-order valence-corrected chi connectivity index (χ4v) is 2.83. The fraction of sp³-hybridized carbons (Fsp3) is 0.500. The van der Waals surface area contributed by atoms with Gasteiger partial charge in [-0.2, -0.15) is 4.68 Å². The summed E-state index contributed by atoms with van der Waals surface area (Å²) in [6.07, 6.45) is 0.409. The molecular formula is C16H23N7O. The molecule has 1 fully saturated rings. The molecule has 1 atom stereocenters. The third kappa shape index (κ3) is 3.95. The summed E-state index contributed by atoms with van der Waals surface area (Å²) in [4.78, 5) is 16.2. The molecule has 1 unspecified atom stereocenters. The summed E-state index contributed by atoms with van der Waals surface area (Å²) in [5.74, 6) is 0.940. The van der Waals surface area contributed by atoms with Crippen molar-refractivity contribution in [2.45, 2.75) is 25.9 Å². The molecule has 1 aliphatic heterocycles. The molecule has 0 aliphatic carbocycles. The van der Waals surface area contributed by atoms with E-state index in [2.05, 4.69) is 20.4 Å². The summed E-state index contributed by atoms with van der Waals surface area (Å²) in [6, 6.07) is 9.75. The number of nitrogens with zero attached hydrogens (tertiary/aromatic N) is 6. The molecule has 0 bridgehead atoms. The van der Waals surface area contributed by atoms with Crippen molar-refractivity contribution in [2.24, 2.45) is 5.73 Å². The Balaban J connectivity index is 1.58. The van der Waals surface area contributed by atoms with E-state index in [4.69, 9.17) is 5.73 Å². The van der Waals surface area contributed by atoms with Gasteiger partial charge in [-0.25, -0.2) is 0 Å². The van der Waals surface area contributed by atoms with E-state index in [9.17, 15) is 4.79 Å². The number of nitrogens with two attached hydrogens (primary N) is 1. The van der Waals surface area contributed by atoms with Crippen LogP contribution in [0.1, 0.15) is 19.2 Å². The molecule has 8 heteroatoms. The summed E-state index contributed by atoms with van der Waals surface area (Å²) in [7, 11) is 0. The number of hydrogen-bond donors (Lipinski definition) is 1. The largest absolute Gasteiger partial charge is 0.340 e. The second kappa shape index (κ2) is 7.50. The van der Waals surface area contributed by atoms with Crippen molar-refractivity contribution in [3.05, 3.63) is 36.2 Å². The molecule has 3 rings (SSSR count). The van der Waals surface area contributed by atoms with Gasteiger partial charge in [0.25, 0.3) is 0 Å². The summed E-state index contributed by atoms with van der Waals surface area (Å²) < 4.78 is 1.76. The number of amides is 1. The van der Waals surface area contributed by atoms with Crippen LogP contribution in [-0.2, 0) is 11.3 Å². The molecular weight excluding hydrogens is 306 g/mol. The van der Waals surface area contributed by atoms with Gasteiger partial charge in [0.15, 0.2) is 5.82 Å². The maximum Gasteiger partial charge on any atom is 0.224 e. The number of piperazine rings is 1. The molecule has 128 valence electrons. The first-order valence-electron chi connectivity index (χ1n) is 8.22. The zero-order chi connectivity index (χ0) is 16.9. The minimum atomic E-state index is -0.0916. The van der Waals surface area contributed by atoms with Gasteiger partial charge in [0.1, 0.15) is 0 Å². The Labute approximate surface area is 141 Å². The maximum atomic E-state index is 12.1. The lowest BCUT2D eigenvalue weighted by Crippen LogP contribution is -2.49. The van der Waals surface area contributed by atoms with Gasteiger partial charge >= 0.3 is 0 Å². The highest BCUT2D eigenvalue weighted by Crippen LogP contribution is 2.11. The second-order valence-corrected chi connectivity index (χ2v) is 6.18. The third-order valence-corrected chi connectivity index (χ3v) is 4.12. The van der Waals surface area contributed by atoms with Crippen LogP contribution >= 0.6 is 0 Å². The van der Waals surface area contributed by atoms with Crippen LogP contribution in [0.2, 0.25) is 0 Å². The van der Waals surface area contributed by atoms with Gasteiger partial charge in [-0.3, -0.25) is 9.69 Å². The Morgan fingerprint density at radius 1 is 1.21 bits per heavy atom. The summed E-state index contributed by atoms with van der Waals surface area (Å²) in [6.45, 7) is 5.59. The standard InChI is InChI=1S/C16H23N7O/c1-13(17)11-16(24)22-9-7-21(8-10-22)12-15-18-19-20-23(15)14-5-3-2-4-6-14/h2-6,13H,7-12,17H2,1H3. The van der Waals surface area contributed by atoms with E-state index in [1.807, 2.05) is 42.2 Å². The Kier molecular flexibility index (Phi) is 5.17. The highest BCUT2D eigenvalue weighted by atomic mass is 16.2. The fourth-order valence-electron chi connectivity index (χ4n) is 2.83. The molecule has 0 saturated carbocycles. The number of aromatic nitrogens is 4. The van der Waals surface area contributed by atoms with E-state index in [1.54, 1.807) is 4.68 Å². The van der Waals surface area contributed by atoms with E-state index < -0.39 is 0 Å². The van der Waals surface area contributed by atoms with E-state index in [0.717, 1.165) is 37.7 Å². The first-order chi connectivity index (χ1) is 11.6. The van der Waals surface area contributed by atoms with Crippen molar-refractivity contribution < 1.29 is 4.79 Å². The van der Waals surface area contributed by atoms with Crippen LogP contribution in [0, 0.1) is 0 Å². The lowest BCUT2D eigenvalue weighted by molar-refractivity contribution is -0.133. The van der Waals surface area contributed by atoms with Crippen LogP contribution in [0.5, 0.6) is 0 Å². The van der Waals surface area contributed by atoms with Crippen molar-refractivity contribution >= 4 is 5.91 Å². The van der Waals surface area contributed by atoms with E-state index in [0.29, 0.717) is 13.0 Å². The monoisotopic (exact) mass is 329 g/mol. The molecule has 1 aromatic heterocycles. The topological polar surface area (TPSA) is 93.2 Å². The maximum absolute atomic E-state index is 12.1. The Bertz CT molecular complexity index is 662. The zero-order valence-electron chi connectivity index (χ0n) is 13.9. The quantitative estimate of drug-likeness (QED) is 0.833. The van der Waals surface area contributed by atoms with Gasteiger partial charge in [0, 0.05) is 38.6 Å². The Morgan fingerprint density at radius 3 is 2.58 bits per heavy atom. The number of carbonyl (C=O) groups is 1. The Hall–Kier alpha value is -2.32. The van der Waals surface area contributed by atoms with Gasteiger partial charge in [0.05, 0.1) is 12.2 Å². The molecule has 2 aromatic rings. The minimum Gasteiger partial charge on any atom is -0.340 e. The van der Waals surface area contributed by atoms with E-state index in [-0.39, 0.29) is 11.9 Å². The molecule has 2 N–H and O–H groups in total. The van der Waals surface area contributed by atoms with Crippen LogP contribution in [0.25, 0.3) is 5.69 Å². The summed E-state index contributed by atoms with van der Waals surface area (Å²) in [5, 5.41) is 12.0. The van der Waals surface area contributed by atoms with Crippen molar-refractivity contribution in [2.75, 3.05) is 26.2 Å². The lowest BCUT2D eigenvalue weighted by atomic mass is 10.2. The molecule has 8 nitrogen and oxygen atoms in total. The third-order valence-electron chi connectivity index (χ3n) is 4.12. The number of tetrazole rings is 1. The minimum absolute atomic E-state index is 0.0916. The second-order valence-electron chi connectivity index (χ2n) is 6.18. The molecule has 1 aromatic carbocycles. The van der Waals surface area contributed by atoms with Gasteiger partial charge in [-0.05, 0) is 29.5 Å². The van der Waals surface area contributed by atoms with Crippen molar-refractivity contribution in [1.82, 2.24) is 30.0 Å². The highest BCUT2D eigenvalue weighted by molar-refractivity contribution is 5.76. The zero-order valence-corrected chi connectivity index (χ0v) is 13.9. The van der Waals surface area contributed by atoms with Crippen molar-refractivity contribution in [3.8, 4) is 5.69 Å². The van der Waals surface area contributed by atoms with E-state index in [1.165, 1.54) is 0 Å². The number of rotatable bonds is 5. The molecule has 24 heavy (non-hydrogen) atoms. The van der Waals surface area contributed by atoms with Crippen LogP contribution in [-0.4, -0.2) is 68.1 Å². The highest BCUT2D eigenvalue weighted by Gasteiger charge is 2.23. The van der Waals surface area contributed by atoms with Crippen molar-refractivity contribution in [1.29, 1.82) is 0 Å². The van der Waals surface area contributed by atoms with Crippen LogP contribution < -0.4 is 5.73 Å². The predicted octanol–water partition coefficient (Wildman–Crippen LogP) is 0.0438. The SMILES string of the molecule is CC(N)CC(=O)N1CCN(Cc2nnnn2-c2ccccc2)CC1. The first kappa shape index (κ1) is 16.5. The number of hydrogen-bond acceptors (Lipinski definition) is 6. The first-order valence-corrected chi connectivity index (χ1v) is 8.22. The predicted molar refractivity (Wildman–Crippen MR) is 89.3 cm³/mol. The smallest absolute Gasteiger partial charge is 0.224 e. The summed E-state index contributed by atoms with van der Waals surface area (Å²) in [5.41, 5.74) is 6.65. The number of para-hydroxylation sites is 1. The molecule has 1 amide bonds. The molecule has 0 spiro atoms. The molecule has 1 aliphatic rings. The van der Waals surface area contributed by atoms with Gasteiger partial charge < -0.3 is 10.6 Å². The Morgan fingerprint density at radius 2 is 1.92 bits per heavy atom. The van der Waals surface area contributed by atoms with Crippen LogP contribution in [0.15, 0.2) is 30.3 Å². The lowest BCUT2D eigenvalue weighted by Gasteiger charge is -2.34. The van der Waals surface area contributed by atoms with Crippen molar-refractivity contribution in [3.63, 3.8) is 0 Å². The average molecular weight is 329 g/mol. The van der Waals surface area contributed by atoms with Crippen LogP contribution in [0.3, 0.4) is 0 Å². The normalized spacial score (nSPS) is 17.0. The average Bonchev–Trinajstić information content (AvgIpc) is 3.04.